The molecule has 0 aromatic heterocycles. The molecule has 30 heavy (non-hydrogen) atoms. The first-order valence-corrected chi connectivity index (χ1v) is 10.6. The van der Waals surface area contributed by atoms with Crippen molar-refractivity contribution in [3.8, 4) is 5.75 Å². The van der Waals surface area contributed by atoms with Crippen LogP contribution in [0.3, 0.4) is 0 Å². The predicted octanol–water partition coefficient (Wildman–Crippen LogP) is 7.78. The maximum atomic E-state index is 13.4. The van der Waals surface area contributed by atoms with Crippen molar-refractivity contribution < 1.29 is 14.0 Å². The lowest BCUT2D eigenvalue weighted by molar-refractivity contribution is 0.298. The van der Waals surface area contributed by atoms with Crippen molar-refractivity contribution in [3.05, 3.63) is 71.6 Å². The number of hydrogen-bond acceptors (Lipinski definition) is 3. The van der Waals surface area contributed by atoms with Crippen LogP contribution in [0.2, 0.25) is 0 Å². The number of unbranched alkanes of at least 4 members (excludes halogenated alkanes) is 2. The molecule has 2 aromatic rings. The van der Waals surface area contributed by atoms with Gasteiger partial charge in [-0.25, -0.2) is 4.39 Å². The molecule has 0 saturated heterocycles. The number of benzene rings is 2. The third-order valence-electron chi connectivity index (χ3n) is 4.60. The molecule has 3 nitrogen and oxygen atoms in total. The molecule has 0 saturated carbocycles. The number of aryl methyl sites for hydroxylation is 1. The maximum Gasteiger partial charge on any atom is 0.158 e. The Morgan fingerprint density at radius 2 is 1.77 bits per heavy atom. The van der Waals surface area contributed by atoms with Gasteiger partial charge in [0.05, 0.1) is 12.8 Å². The number of ether oxygens (including phenoxy) is 1. The zero-order valence-corrected chi connectivity index (χ0v) is 19.3. The number of methoxy groups -OCH3 is 1. The van der Waals surface area contributed by atoms with Gasteiger partial charge in [-0.05, 0) is 38.0 Å². The smallest absolute Gasteiger partial charge is 0.158 e. The van der Waals surface area contributed by atoms with Crippen molar-refractivity contribution in [1.29, 1.82) is 0 Å². The van der Waals surface area contributed by atoms with Gasteiger partial charge in [0, 0.05) is 11.1 Å². The van der Waals surface area contributed by atoms with Crippen LogP contribution in [0, 0.1) is 18.7 Å². The van der Waals surface area contributed by atoms with Gasteiger partial charge in [0.15, 0.2) is 5.76 Å². The summed E-state index contributed by atoms with van der Waals surface area (Å²) < 4.78 is 18.6. The molecular weight excluding hydrogens is 377 g/mol. The van der Waals surface area contributed by atoms with E-state index in [4.69, 9.17) is 9.57 Å². The monoisotopic (exact) mass is 413 g/mol. The van der Waals surface area contributed by atoms with Crippen LogP contribution in [-0.4, -0.2) is 12.8 Å². The minimum absolute atomic E-state index is 0.359. The van der Waals surface area contributed by atoms with Crippen molar-refractivity contribution in [2.75, 3.05) is 7.11 Å². The highest BCUT2D eigenvalue weighted by atomic mass is 19.1. The fourth-order valence-corrected chi connectivity index (χ4v) is 2.73. The molecule has 0 spiro atoms. The number of nitrogens with zero attached hydrogens (tertiary/aromatic N) is 1. The lowest BCUT2D eigenvalue weighted by Crippen LogP contribution is -2.01. The average Bonchev–Trinajstić information content (AvgIpc) is 2.72. The highest BCUT2D eigenvalue weighted by Crippen LogP contribution is 2.21. The standard InChI is InChI=1S/C18H18FNO2.C8H18/c1-12-5-7-15(8-6-12)14(3)22-20-13(2)17-11-16(19)9-10-18(17)21-4;1-4-5-6-7-8(2)3/h5-11H,3H2,1-2,4H3;8H,4-7H2,1-3H3/b20-13+;. The first kappa shape index (κ1) is 25.4. The minimum atomic E-state index is -0.359. The van der Waals surface area contributed by atoms with E-state index in [1.54, 1.807) is 13.0 Å². The lowest BCUT2D eigenvalue weighted by Gasteiger charge is -2.09. The van der Waals surface area contributed by atoms with Crippen molar-refractivity contribution in [2.45, 2.75) is 60.3 Å². The molecule has 2 rings (SSSR count). The maximum absolute atomic E-state index is 13.4. The third kappa shape index (κ3) is 9.25. The molecule has 0 bridgehead atoms. The second-order valence-electron chi connectivity index (χ2n) is 7.79. The highest BCUT2D eigenvalue weighted by molar-refractivity contribution is 6.00. The van der Waals surface area contributed by atoms with Gasteiger partial charge in [0.2, 0.25) is 0 Å². The van der Waals surface area contributed by atoms with Crippen LogP contribution in [0.1, 0.15) is 70.1 Å². The normalized spacial score (nSPS) is 11.0. The van der Waals surface area contributed by atoms with Crippen LogP contribution in [0.25, 0.3) is 5.76 Å². The van der Waals surface area contributed by atoms with Gasteiger partial charge in [-0.1, -0.05) is 88.0 Å². The SMILES string of the molecule is C=C(O/N=C(\C)c1cc(F)ccc1OC)c1ccc(C)cc1.CCCCCC(C)C. The molecule has 2 aromatic carbocycles. The van der Waals surface area contributed by atoms with Crippen LogP contribution in [-0.2, 0) is 4.84 Å². The largest absolute Gasteiger partial charge is 0.496 e. The van der Waals surface area contributed by atoms with Crippen LogP contribution >= 0.6 is 0 Å². The van der Waals surface area contributed by atoms with E-state index < -0.39 is 0 Å². The molecular formula is C26H36FNO2. The van der Waals surface area contributed by atoms with Crippen molar-refractivity contribution >= 4 is 11.5 Å². The quantitative estimate of drug-likeness (QED) is 0.182. The Morgan fingerprint density at radius 1 is 1.10 bits per heavy atom. The number of oxime groups is 1. The lowest BCUT2D eigenvalue weighted by atomic mass is 10.1. The van der Waals surface area contributed by atoms with Gasteiger partial charge in [-0.3, -0.25) is 0 Å². The van der Waals surface area contributed by atoms with E-state index >= 15 is 0 Å². The summed E-state index contributed by atoms with van der Waals surface area (Å²) >= 11 is 0. The predicted molar refractivity (Wildman–Crippen MR) is 125 cm³/mol. The summed E-state index contributed by atoms with van der Waals surface area (Å²) in [6, 6.07) is 12.0. The summed E-state index contributed by atoms with van der Waals surface area (Å²) in [4.78, 5) is 5.34. The van der Waals surface area contributed by atoms with E-state index in [1.165, 1.54) is 44.9 Å². The number of hydrogen-bond donors (Lipinski definition) is 0. The van der Waals surface area contributed by atoms with E-state index in [2.05, 4.69) is 32.5 Å². The Balaban J connectivity index is 0.000000479. The second kappa shape index (κ2) is 13.6. The van der Waals surface area contributed by atoms with Gasteiger partial charge in [0.25, 0.3) is 0 Å². The molecule has 0 unspecified atom stereocenters. The molecule has 164 valence electrons. The third-order valence-corrected chi connectivity index (χ3v) is 4.60. The molecule has 0 N–H and O–H groups in total. The Hall–Kier alpha value is -2.62. The van der Waals surface area contributed by atoms with E-state index in [0.29, 0.717) is 22.8 Å². The number of halogens is 1. The molecule has 0 radical (unpaired) electrons. The zero-order chi connectivity index (χ0) is 22.5. The first-order valence-electron chi connectivity index (χ1n) is 10.6. The molecule has 0 fully saturated rings. The summed E-state index contributed by atoms with van der Waals surface area (Å²) in [6.45, 7) is 14.4. The molecule has 4 heteroatoms. The Morgan fingerprint density at radius 3 is 2.33 bits per heavy atom. The molecule has 0 amide bonds. The Kier molecular flexibility index (Phi) is 11.5. The van der Waals surface area contributed by atoms with Gasteiger partial charge in [0.1, 0.15) is 11.6 Å². The molecule has 0 aliphatic rings. The van der Waals surface area contributed by atoms with Gasteiger partial charge in [-0.2, -0.15) is 0 Å². The summed E-state index contributed by atoms with van der Waals surface area (Å²) in [7, 11) is 1.52. The van der Waals surface area contributed by atoms with Gasteiger partial charge >= 0.3 is 0 Å². The van der Waals surface area contributed by atoms with E-state index in [9.17, 15) is 4.39 Å². The van der Waals surface area contributed by atoms with E-state index in [1.807, 2.05) is 31.2 Å². The van der Waals surface area contributed by atoms with Crippen LogP contribution in [0.5, 0.6) is 5.75 Å². The zero-order valence-electron chi connectivity index (χ0n) is 19.3. The van der Waals surface area contributed by atoms with Crippen molar-refractivity contribution in [3.63, 3.8) is 0 Å². The first-order chi connectivity index (χ1) is 14.3. The summed E-state index contributed by atoms with van der Waals surface area (Å²) in [5.41, 5.74) is 3.04. The van der Waals surface area contributed by atoms with Gasteiger partial charge < -0.3 is 9.57 Å². The molecule has 0 atom stereocenters. The Bertz CT molecular complexity index is 810. The van der Waals surface area contributed by atoms with Gasteiger partial charge in [-0.15, -0.1) is 0 Å². The highest BCUT2D eigenvalue weighted by Gasteiger charge is 2.09. The molecule has 0 heterocycles. The second-order valence-corrected chi connectivity index (χ2v) is 7.79. The number of rotatable bonds is 9. The molecule has 0 aliphatic heterocycles. The summed E-state index contributed by atoms with van der Waals surface area (Å²) in [5, 5.41) is 4.01. The summed E-state index contributed by atoms with van der Waals surface area (Å²) in [5.74, 6) is 1.51. The van der Waals surface area contributed by atoms with E-state index in [0.717, 1.165) is 17.0 Å². The minimum Gasteiger partial charge on any atom is -0.496 e. The average molecular weight is 414 g/mol. The van der Waals surface area contributed by atoms with Crippen LogP contribution in [0.15, 0.2) is 54.2 Å². The van der Waals surface area contributed by atoms with Crippen molar-refractivity contribution in [2.24, 2.45) is 11.1 Å². The van der Waals surface area contributed by atoms with Crippen LogP contribution in [0.4, 0.5) is 4.39 Å². The fraction of sp³-hybridized carbons (Fsp3) is 0.423. The Labute approximate surface area is 181 Å². The molecule has 0 aliphatic carbocycles. The fourth-order valence-electron chi connectivity index (χ4n) is 2.73. The summed E-state index contributed by atoms with van der Waals surface area (Å²) in [6.07, 6.45) is 5.60. The van der Waals surface area contributed by atoms with E-state index in [-0.39, 0.29) is 5.82 Å². The van der Waals surface area contributed by atoms with Crippen LogP contribution < -0.4 is 4.74 Å². The van der Waals surface area contributed by atoms with Crippen molar-refractivity contribution in [1.82, 2.24) is 0 Å². The topological polar surface area (TPSA) is 30.8 Å².